The highest BCUT2D eigenvalue weighted by Crippen LogP contribution is 2.26. The zero-order valence-electron chi connectivity index (χ0n) is 9.68. The Morgan fingerprint density at radius 1 is 1.53 bits per heavy atom. The van der Waals surface area contributed by atoms with E-state index in [9.17, 15) is 9.59 Å². The third kappa shape index (κ3) is 2.63. The molecule has 1 aromatic heterocycles. The summed E-state index contributed by atoms with van der Waals surface area (Å²) in [6.07, 6.45) is 2.26. The summed E-state index contributed by atoms with van der Waals surface area (Å²) < 4.78 is 6.83. The minimum Gasteiger partial charge on any atom is -0.394 e. The van der Waals surface area contributed by atoms with Crippen LogP contribution in [-0.4, -0.2) is 27.4 Å². The normalized spacial score (nSPS) is 23.4. The quantitative estimate of drug-likeness (QED) is 0.657. The predicted octanol–water partition coefficient (Wildman–Crippen LogP) is -0.323. The fourth-order valence-corrected chi connectivity index (χ4v) is 1.83. The fourth-order valence-electron chi connectivity index (χ4n) is 1.83. The van der Waals surface area contributed by atoms with Crippen molar-refractivity contribution >= 4 is 0 Å². The summed E-state index contributed by atoms with van der Waals surface area (Å²) in [5.41, 5.74) is -0.382. The molecule has 2 rings (SSSR count). The average Bonchev–Trinajstić information content (AvgIpc) is 2.71. The first-order chi connectivity index (χ1) is 7.61. The Bertz CT molecular complexity index is 493. The second-order valence-electron chi connectivity index (χ2n) is 3.95. The highest BCUT2D eigenvalue weighted by molar-refractivity contribution is 5.01. The van der Waals surface area contributed by atoms with Gasteiger partial charge in [-0.25, -0.2) is 4.79 Å². The lowest BCUT2D eigenvalue weighted by Gasteiger charge is -2.14. The predicted molar refractivity (Wildman–Crippen MR) is 61.3 cm³/mol. The van der Waals surface area contributed by atoms with Crippen molar-refractivity contribution in [1.82, 2.24) is 15.7 Å². The Balaban J connectivity index is 0.00000144. The molecule has 7 heteroatoms. The molecule has 0 bridgehead atoms. The van der Waals surface area contributed by atoms with Crippen LogP contribution in [-0.2, 0) is 4.74 Å². The summed E-state index contributed by atoms with van der Waals surface area (Å²) in [5.74, 6) is 0. The van der Waals surface area contributed by atoms with Crippen LogP contribution < -0.4 is 17.4 Å². The maximum Gasteiger partial charge on any atom is 0.330 e. The number of nitrogens with one attached hydrogen (secondary N) is 1. The van der Waals surface area contributed by atoms with Crippen molar-refractivity contribution in [1.29, 1.82) is 0 Å². The third-order valence-corrected chi connectivity index (χ3v) is 2.74. The number of nitrogens with zero attached hydrogens (tertiary/aromatic N) is 1. The van der Waals surface area contributed by atoms with Crippen LogP contribution >= 0.6 is 0 Å². The summed E-state index contributed by atoms with van der Waals surface area (Å²) in [6.45, 7) is 1.58. The molecule has 1 fully saturated rings. The fraction of sp³-hybridized carbons (Fsp3) is 0.600. The lowest BCUT2D eigenvalue weighted by atomic mass is 10.2. The summed E-state index contributed by atoms with van der Waals surface area (Å²) in [6, 6.07) is 0. The molecule has 17 heavy (non-hydrogen) atoms. The molecule has 0 aromatic carbocycles. The number of aliphatic hydroxyl groups excluding tert-OH is 1. The van der Waals surface area contributed by atoms with Gasteiger partial charge in [-0.15, -0.1) is 0 Å². The van der Waals surface area contributed by atoms with E-state index in [0.29, 0.717) is 18.4 Å². The van der Waals surface area contributed by atoms with Crippen LogP contribution in [0.4, 0.5) is 0 Å². The van der Waals surface area contributed by atoms with Gasteiger partial charge >= 0.3 is 5.69 Å². The van der Waals surface area contributed by atoms with Crippen molar-refractivity contribution < 1.29 is 9.84 Å². The smallest absolute Gasteiger partial charge is 0.330 e. The van der Waals surface area contributed by atoms with E-state index >= 15 is 0 Å². The van der Waals surface area contributed by atoms with Gasteiger partial charge in [-0.3, -0.25) is 14.3 Å². The van der Waals surface area contributed by atoms with E-state index in [-0.39, 0.29) is 30.6 Å². The van der Waals surface area contributed by atoms with E-state index < -0.39 is 5.69 Å². The van der Waals surface area contributed by atoms with E-state index in [1.54, 1.807) is 6.92 Å². The number of hydrogen-bond donors (Lipinski definition) is 3. The summed E-state index contributed by atoms with van der Waals surface area (Å²) in [5, 5.41) is 8.93. The van der Waals surface area contributed by atoms with E-state index in [4.69, 9.17) is 9.84 Å². The highest BCUT2D eigenvalue weighted by atomic mass is 16.5. The number of hydrogen-bond acceptors (Lipinski definition) is 5. The van der Waals surface area contributed by atoms with Crippen LogP contribution in [0.5, 0.6) is 0 Å². The van der Waals surface area contributed by atoms with E-state index in [0.717, 1.165) is 0 Å². The van der Waals surface area contributed by atoms with Crippen LogP contribution in [0.15, 0.2) is 15.8 Å². The minimum atomic E-state index is -0.473. The van der Waals surface area contributed by atoms with Gasteiger partial charge in [0.25, 0.3) is 5.56 Å². The number of rotatable bonds is 2. The minimum absolute atomic E-state index is 0. The van der Waals surface area contributed by atoms with Crippen molar-refractivity contribution in [3.05, 3.63) is 32.6 Å². The average molecular weight is 243 g/mol. The lowest BCUT2D eigenvalue weighted by Crippen LogP contribution is -2.33. The van der Waals surface area contributed by atoms with Crippen molar-refractivity contribution in [3.63, 3.8) is 0 Å². The summed E-state index contributed by atoms with van der Waals surface area (Å²) in [4.78, 5) is 24.9. The van der Waals surface area contributed by atoms with Crippen LogP contribution in [0.1, 0.15) is 24.6 Å². The topological polar surface area (TPSA) is 119 Å². The molecule has 0 aliphatic carbocycles. The molecule has 2 atom stereocenters. The molecule has 5 N–H and O–H groups in total. The number of aromatic nitrogens is 2. The molecule has 7 nitrogen and oxygen atoms in total. The Morgan fingerprint density at radius 2 is 2.24 bits per heavy atom. The Kier molecular flexibility index (Phi) is 4.22. The van der Waals surface area contributed by atoms with Gasteiger partial charge in [0.05, 0.1) is 12.7 Å². The number of aromatic amines is 1. The molecule has 1 aliphatic rings. The van der Waals surface area contributed by atoms with Gasteiger partial charge in [0.2, 0.25) is 0 Å². The molecular formula is C10H17N3O4. The second kappa shape index (κ2) is 5.26. The molecule has 2 heterocycles. The molecule has 0 saturated carbocycles. The number of ether oxygens (including phenoxy) is 1. The van der Waals surface area contributed by atoms with Crippen LogP contribution in [0.3, 0.4) is 0 Å². The summed E-state index contributed by atoms with van der Waals surface area (Å²) in [7, 11) is 0. The van der Waals surface area contributed by atoms with Crippen LogP contribution in [0, 0.1) is 6.92 Å². The number of aliphatic hydroxyl groups is 1. The Hall–Kier alpha value is -1.44. The molecule has 1 aromatic rings. The SMILES string of the molecule is Cc1cn([C@H]2CC[C@@H](CO)O2)c(=O)[nH]c1=O.N. The zero-order chi connectivity index (χ0) is 11.7. The first kappa shape index (κ1) is 13.6. The van der Waals surface area contributed by atoms with Crippen molar-refractivity contribution in [2.45, 2.75) is 32.1 Å². The van der Waals surface area contributed by atoms with Gasteiger partial charge in [0, 0.05) is 11.8 Å². The van der Waals surface area contributed by atoms with Crippen molar-refractivity contribution in [2.75, 3.05) is 6.61 Å². The monoisotopic (exact) mass is 243 g/mol. The van der Waals surface area contributed by atoms with Gasteiger partial charge in [-0.1, -0.05) is 0 Å². The number of aryl methyl sites for hydroxylation is 1. The molecular weight excluding hydrogens is 226 g/mol. The Labute approximate surface area is 97.6 Å². The van der Waals surface area contributed by atoms with Crippen molar-refractivity contribution in [3.8, 4) is 0 Å². The number of H-pyrrole nitrogens is 1. The van der Waals surface area contributed by atoms with E-state index in [1.807, 2.05) is 0 Å². The standard InChI is InChI=1S/C10H14N2O4.H3N/c1-6-4-12(10(15)11-9(6)14)8-3-2-7(5-13)16-8;/h4,7-8,13H,2-3,5H2,1H3,(H,11,14,15);1H3/t7-,8+;/m0./s1. The van der Waals surface area contributed by atoms with Gasteiger partial charge in [-0.2, -0.15) is 0 Å². The van der Waals surface area contributed by atoms with Gasteiger partial charge in [0.15, 0.2) is 0 Å². The van der Waals surface area contributed by atoms with Crippen LogP contribution in [0.25, 0.3) is 0 Å². The molecule has 0 radical (unpaired) electrons. The lowest BCUT2D eigenvalue weighted by molar-refractivity contribution is -0.0247. The third-order valence-electron chi connectivity index (χ3n) is 2.74. The van der Waals surface area contributed by atoms with Crippen molar-refractivity contribution in [2.24, 2.45) is 0 Å². The zero-order valence-corrected chi connectivity index (χ0v) is 9.68. The molecule has 1 saturated heterocycles. The molecule has 96 valence electrons. The van der Waals surface area contributed by atoms with Gasteiger partial charge in [0.1, 0.15) is 6.23 Å². The second-order valence-corrected chi connectivity index (χ2v) is 3.95. The van der Waals surface area contributed by atoms with Crippen LogP contribution in [0.2, 0.25) is 0 Å². The molecule has 0 spiro atoms. The first-order valence-corrected chi connectivity index (χ1v) is 5.20. The first-order valence-electron chi connectivity index (χ1n) is 5.20. The largest absolute Gasteiger partial charge is 0.394 e. The van der Waals surface area contributed by atoms with E-state index in [1.165, 1.54) is 10.8 Å². The molecule has 0 amide bonds. The highest BCUT2D eigenvalue weighted by Gasteiger charge is 2.26. The maximum absolute atomic E-state index is 11.5. The molecule has 1 aliphatic heterocycles. The molecule has 0 unspecified atom stereocenters. The maximum atomic E-state index is 11.5. The van der Waals surface area contributed by atoms with Gasteiger partial charge < -0.3 is 16.0 Å². The summed E-state index contributed by atoms with van der Waals surface area (Å²) >= 11 is 0. The Morgan fingerprint density at radius 3 is 2.82 bits per heavy atom. The van der Waals surface area contributed by atoms with Gasteiger partial charge in [-0.05, 0) is 19.8 Å². The van der Waals surface area contributed by atoms with E-state index in [2.05, 4.69) is 4.98 Å².